The van der Waals surface area contributed by atoms with Gasteiger partial charge < -0.3 is 24.3 Å². The summed E-state index contributed by atoms with van der Waals surface area (Å²) in [6, 6.07) is 29.2. The summed E-state index contributed by atoms with van der Waals surface area (Å²) in [7, 11) is 6.35. The van der Waals surface area contributed by atoms with Gasteiger partial charge in [-0.2, -0.15) is 5.10 Å². The molecule has 50 heavy (non-hydrogen) atoms. The molecule has 1 atom stereocenters. The Hall–Kier alpha value is -5.82. The fraction of sp³-hybridized carbons (Fsp3) is 0.216. The maximum Gasteiger partial charge on any atom is 0.253 e. The summed E-state index contributed by atoms with van der Waals surface area (Å²) < 4.78 is 23.7. The first kappa shape index (κ1) is 34.1. The van der Waals surface area contributed by atoms with Crippen molar-refractivity contribution < 1.29 is 28.5 Å². The van der Waals surface area contributed by atoms with E-state index in [4.69, 9.17) is 24.0 Å². The van der Waals surface area contributed by atoms with E-state index in [1.54, 1.807) is 52.7 Å². The average molecular weight is 693 g/mol. The Morgan fingerprint density at radius 1 is 0.800 bits per heavy atom. The van der Waals surface area contributed by atoms with Crippen molar-refractivity contribution in [3.8, 4) is 28.7 Å². The second-order valence-electron chi connectivity index (χ2n) is 11.1. The number of carbonyl (C=O) groups excluding carboxylic acids is 2. The fourth-order valence-corrected chi connectivity index (χ4v) is 6.48. The molecule has 1 aromatic heterocycles. The van der Waals surface area contributed by atoms with Crippen molar-refractivity contribution >= 4 is 29.3 Å². The number of nitrogens with one attached hydrogen (secondary N) is 1. The van der Waals surface area contributed by atoms with Gasteiger partial charge in [0.25, 0.3) is 11.8 Å². The molecule has 0 radical (unpaired) electrons. The maximum absolute atomic E-state index is 14.1. The Bertz CT molecular complexity index is 1980. The third kappa shape index (κ3) is 7.27. The van der Waals surface area contributed by atoms with E-state index in [0.29, 0.717) is 40.2 Å². The molecule has 0 unspecified atom stereocenters. The Balaban J connectivity index is 1.26. The van der Waals surface area contributed by atoms with Crippen LogP contribution in [0.5, 0.6) is 23.0 Å². The predicted octanol–water partition coefficient (Wildman–Crippen LogP) is 5.70. The number of amides is 2. The van der Waals surface area contributed by atoms with Gasteiger partial charge in [0.2, 0.25) is 0 Å². The molecule has 0 saturated carbocycles. The Labute approximate surface area is 294 Å². The fourth-order valence-electron chi connectivity index (χ4n) is 5.66. The lowest BCUT2D eigenvalue weighted by Gasteiger charge is -2.24. The standard InChI is InChI=1S/C37H36N6O6S/c1-46-27-17-13-24(14-18-27)30-21-31(29-11-8-12-32(48-3)35(29)49-4)43(41-30)34(44)23-50-37-40-39-33(42(37)26-9-6-5-7-10-26)22-38-36(45)25-15-19-28(47-2)20-16-25/h5-20,31H,21-23H2,1-4H3,(H,38,45)/t31-/m0/s1. The SMILES string of the molecule is COc1ccc(C(=O)NCc2nnc(SCC(=O)N3N=C(c4ccc(OC)cc4)C[C@H]3c3cccc(OC)c3OC)n2-c2ccccc2)cc1. The van der Waals surface area contributed by atoms with Crippen molar-refractivity contribution in [2.75, 3.05) is 34.2 Å². The van der Waals surface area contributed by atoms with E-state index in [1.807, 2.05) is 77.4 Å². The van der Waals surface area contributed by atoms with Crippen molar-refractivity contribution in [3.05, 3.63) is 120 Å². The first-order valence-electron chi connectivity index (χ1n) is 15.7. The highest BCUT2D eigenvalue weighted by atomic mass is 32.2. The number of hydrogen-bond donors (Lipinski definition) is 1. The Morgan fingerprint density at radius 3 is 2.16 bits per heavy atom. The van der Waals surface area contributed by atoms with Crippen molar-refractivity contribution in [2.45, 2.75) is 24.2 Å². The van der Waals surface area contributed by atoms with Crippen LogP contribution in [0.4, 0.5) is 0 Å². The van der Waals surface area contributed by atoms with Gasteiger partial charge in [-0.05, 0) is 72.3 Å². The number of aromatic nitrogens is 3. The van der Waals surface area contributed by atoms with E-state index in [9.17, 15) is 9.59 Å². The molecule has 6 rings (SSSR count). The first-order valence-corrected chi connectivity index (χ1v) is 16.7. The molecule has 0 fully saturated rings. The summed E-state index contributed by atoms with van der Waals surface area (Å²) in [5.74, 6) is 2.52. The molecule has 13 heteroatoms. The molecule has 1 aliphatic heterocycles. The molecular formula is C37H36N6O6S. The molecular weight excluding hydrogens is 657 g/mol. The van der Waals surface area contributed by atoms with E-state index in [-0.39, 0.29) is 24.1 Å². The molecule has 0 aliphatic carbocycles. The van der Waals surface area contributed by atoms with E-state index < -0.39 is 6.04 Å². The number of carbonyl (C=O) groups is 2. The van der Waals surface area contributed by atoms with Gasteiger partial charge in [0.05, 0.1) is 52.5 Å². The maximum atomic E-state index is 14.1. The molecule has 2 heterocycles. The zero-order valence-corrected chi connectivity index (χ0v) is 28.8. The van der Waals surface area contributed by atoms with Crippen LogP contribution in [-0.2, 0) is 11.3 Å². The predicted molar refractivity (Wildman–Crippen MR) is 190 cm³/mol. The lowest BCUT2D eigenvalue weighted by molar-refractivity contribution is -0.130. The Kier molecular flexibility index (Phi) is 10.6. The molecule has 12 nitrogen and oxygen atoms in total. The van der Waals surface area contributed by atoms with Crippen LogP contribution in [0.15, 0.2) is 107 Å². The zero-order valence-electron chi connectivity index (χ0n) is 28.0. The lowest BCUT2D eigenvalue weighted by Crippen LogP contribution is -2.29. The van der Waals surface area contributed by atoms with Crippen molar-refractivity contribution in [2.24, 2.45) is 5.10 Å². The van der Waals surface area contributed by atoms with E-state index >= 15 is 0 Å². The van der Waals surface area contributed by atoms with Gasteiger partial charge in [-0.25, -0.2) is 5.01 Å². The van der Waals surface area contributed by atoms with Gasteiger partial charge >= 0.3 is 0 Å². The molecule has 1 N–H and O–H groups in total. The normalized spacial score (nSPS) is 13.8. The van der Waals surface area contributed by atoms with Crippen LogP contribution in [-0.4, -0.2) is 71.5 Å². The molecule has 0 spiro atoms. The largest absolute Gasteiger partial charge is 0.497 e. The summed E-state index contributed by atoms with van der Waals surface area (Å²) in [6.45, 7) is 0.112. The van der Waals surface area contributed by atoms with Gasteiger partial charge in [-0.3, -0.25) is 14.2 Å². The number of nitrogens with zero attached hydrogens (tertiary/aromatic N) is 5. The summed E-state index contributed by atoms with van der Waals surface area (Å²) in [4.78, 5) is 27.0. The van der Waals surface area contributed by atoms with Gasteiger partial charge in [0.15, 0.2) is 22.5 Å². The topological polar surface area (TPSA) is 129 Å². The summed E-state index contributed by atoms with van der Waals surface area (Å²) in [5.41, 5.74) is 3.69. The van der Waals surface area contributed by atoms with Crippen molar-refractivity contribution in [3.63, 3.8) is 0 Å². The first-order chi connectivity index (χ1) is 24.4. The number of thioether (sulfide) groups is 1. The number of methoxy groups -OCH3 is 4. The molecule has 5 aromatic rings. The second kappa shape index (κ2) is 15.6. The number of ether oxygens (including phenoxy) is 4. The quantitative estimate of drug-likeness (QED) is 0.155. The van der Waals surface area contributed by atoms with Gasteiger partial charge in [0, 0.05) is 23.2 Å². The van der Waals surface area contributed by atoms with Crippen LogP contribution in [0.2, 0.25) is 0 Å². The highest BCUT2D eigenvalue weighted by molar-refractivity contribution is 7.99. The Morgan fingerprint density at radius 2 is 1.50 bits per heavy atom. The van der Waals surface area contributed by atoms with Gasteiger partial charge in [-0.1, -0.05) is 42.1 Å². The highest BCUT2D eigenvalue weighted by Crippen LogP contribution is 2.42. The van der Waals surface area contributed by atoms with Crippen LogP contribution < -0.4 is 24.3 Å². The van der Waals surface area contributed by atoms with Crippen LogP contribution in [0, 0.1) is 0 Å². The monoisotopic (exact) mass is 692 g/mol. The number of hydrazone groups is 1. The minimum Gasteiger partial charge on any atom is -0.497 e. The molecule has 256 valence electrons. The van der Waals surface area contributed by atoms with E-state index in [1.165, 1.54) is 16.8 Å². The lowest BCUT2D eigenvalue weighted by atomic mass is 9.97. The van der Waals surface area contributed by atoms with Crippen LogP contribution in [0.1, 0.15) is 39.8 Å². The molecule has 1 aliphatic rings. The third-order valence-electron chi connectivity index (χ3n) is 8.18. The zero-order chi connectivity index (χ0) is 35.0. The average Bonchev–Trinajstić information content (AvgIpc) is 3.81. The summed E-state index contributed by atoms with van der Waals surface area (Å²) >= 11 is 1.24. The summed E-state index contributed by atoms with van der Waals surface area (Å²) in [5, 5.41) is 18.6. The summed E-state index contributed by atoms with van der Waals surface area (Å²) in [6.07, 6.45) is 0.463. The van der Waals surface area contributed by atoms with Crippen molar-refractivity contribution in [1.82, 2.24) is 25.1 Å². The number of benzene rings is 4. The van der Waals surface area contributed by atoms with Crippen LogP contribution >= 0.6 is 11.8 Å². The minimum absolute atomic E-state index is 0.0192. The highest BCUT2D eigenvalue weighted by Gasteiger charge is 2.36. The van der Waals surface area contributed by atoms with Crippen LogP contribution in [0.25, 0.3) is 5.69 Å². The number of para-hydroxylation sites is 2. The number of rotatable bonds is 13. The number of hydrogen-bond acceptors (Lipinski definition) is 10. The van der Waals surface area contributed by atoms with Crippen molar-refractivity contribution in [1.29, 1.82) is 0 Å². The third-order valence-corrected chi connectivity index (χ3v) is 9.09. The van der Waals surface area contributed by atoms with Crippen LogP contribution in [0.3, 0.4) is 0 Å². The second-order valence-corrected chi connectivity index (χ2v) is 12.0. The van der Waals surface area contributed by atoms with E-state index in [2.05, 4.69) is 15.5 Å². The minimum atomic E-state index is -0.444. The molecule has 2 amide bonds. The smallest absolute Gasteiger partial charge is 0.253 e. The van der Waals surface area contributed by atoms with E-state index in [0.717, 1.165) is 28.3 Å². The molecule has 0 saturated heterocycles. The van der Waals surface area contributed by atoms with Gasteiger partial charge in [0.1, 0.15) is 11.5 Å². The van der Waals surface area contributed by atoms with Gasteiger partial charge in [-0.15, -0.1) is 10.2 Å². The molecule has 0 bridgehead atoms. The molecule has 4 aromatic carbocycles.